The third-order valence-corrected chi connectivity index (χ3v) is 20.8. The van der Waals surface area contributed by atoms with Crippen molar-refractivity contribution in [2.24, 2.45) is 0 Å². The van der Waals surface area contributed by atoms with Gasteiger partial charge in [0.2, 0.25) is 0 Å². The number of nitrogens with zero attached hydrogens (tertiary/aromatic N) is 5. The summed E-state index contributed by atoms with van der Waals surface area (Å²) in [5.74, 6) is -0.678. The van der Waals surface area contributed by atoms with Crippen molar-refractivity contribution >= 4 is 82.6 Å². The van der Waals surface area contributed by atoms with Gasteiger partial charge in [0.05, 0.1) is 35.0 Å². The Bertz CT molecular complexity index is 3380. The highest BCUT2D eigenvalue weighted by Crippen LogP contribution is 2.55. The molecule has 0 unspecified atom stereocenters. The van der Waals surface area contributed by atoms with Crippen molar-refractivity contribution in [3.8, 4) is 22.4 Å². The summed E-state index contributed by atoms with van der Waals surface area (Å²) in [4.78, 5) is 37.9. The van der Waals surface area contributed by atoms with Crippen LogP contribution in [0.15, 0.2) is 131 Å². The number of aromatic nitrogens is 1. The summed E-state index contributed by atoms with van der Waals surface area (Å²) < 4.78 is 112. The zero-order chi connectivity index (χ0) is 57.1. The molecule has 5 aromatic carbocycles. The lowest BCUT2D eigenvalue weighted by molar-refractivity contribution is -0.0435. The van der Waals surface area contributed by atoms with E-state index in [1.165, 1.54) is 28.6 Å². The number of phosphoric acid groups is 1. The highest BCUT2D eigenvalue weighted by atomic mass is 35.5. The second-order valence-corrected chi connectivity index (χ2v) is 27.3. The minimum Gasteiger partial charge on any atom is -0.478 e. The summed E-state index contributed by atoms with van der Waals surface area (Å²) in [5, 5.41) is 14.1. The highest BCUT2D eigenvalue weighted by molar-refractivity contribution is 7.99. The van der Waals surface area contributed by atoms with Crippen LogP contribution < -0.4 is 25.1 Å². The van der Waals surface area contributed by atoms with Gasteiger partial charge in [-0.2, -0.15) is 13.2 Å². The normalized spacial score (nSPS) is 18.4. The number of likely N-dealkylation sites (tertiary alicyclic amines) is 1. The zero-order valence-electron chi connectivity index (χ0n) is 44.3. The van der Waals surface area contributed by atoms with Crippen molar-refractivity contribution < 1.29 is 59.5 Å². The van der Waals surface area contributed by atoms with Gasteiger partial charge in [0.15, 0.2) is 0 Å². The van der Waals surface area contributed by atoms with Gasteiger partial charge in [-0.15, -0.1) is 11.8 Å². The molecule has 0 radical (unpaired) electrons. The minimum atomic E-state index is -6.01. The number of piperazine rings is 1. The Morgan fingerprint density at radius 1 is 0.850 bits per heavy atom. The molecule has 80 heavy (non-hydrogen) atoms. The smallest absolute Gasteiger partial charge is 0.478 e. The number of piperidine rings is 1. The Hall–Kier alpha value is -5.31. The van der Waals surface area contributed by atoms with Gasteiger partial charge >= 0.3 is 26.8 Å². The van der Waals surface area contributed by atoms with Gasteiger partial charge < -0.3 is 44.0 Å². The van der Waals surface area contributed by atoms with E-state index in [-0.39, 0.29) is 35.7 Å². The molecule has 3 aliphatic heterocycles. The standard InChI is InChI=1S/C56H64ClF3N6O10P2S2/c1-38(2)66-39(3)52(55(67)68)53(54(66)40-13-15-42(57)16-14-40)41-9-7-10-46(35-41)64-32-30-63(31-33-64)44-17-19-45(20-18-44)65-26-8-34-75-77(65,69)48-21-22-50(51(36-48)80(73,74)56(58,59)60)61-43(37-79-49-11-5-4-6-12-49)23-27-62-28-24-47(25-29-62)76-78(70,71)72/h4-7,9-22,35-36,38,43,47,61H,8,23-34,37H2,1-3H3,(H,67,68)(H2,70,71,72)/t43-,77+/m1/s1. The zero-order valence-corrected chi connectivity index (χ0v) is 48.5. The average molecular weight is 1200 g/mol. The molecule has 0 aliphatic carbocycles. The molecular weight excluding hydrogens is 1140 g/mol. The van der Waals surface area contributed by atoms with Gasteiger partial charge in [-0.1, -0.05) is 54.1 Å². The van der Waals surface area contributed by atoms with E-state index in [9.17, 15) is 45.8 Å². The predicted molar refractivity (Wildman–Crippen MR) is 310 cm³/mol. The van der Waals surface area contributed by atoms with Crippen molar-refractivity contribution in [3.05, 3.63) is 138 Å². The van der Waals surface area contributed by atoms with Crippen LogP contribution in [0.1, 0.15) is 61.6 Å². The molecule has 6 aromatic rings. The van der Waals surface area contributed by atoms with Crippen molar-refractivity contribution in [3.63, 3.8) is 0 Å². The first kappa shape index (κ1) is 59.3. The fourth-order valence-corrected chi connectivity index (χ4v) is 16.0. The van der Waals surface area contributed by atoms with E-state index in [0.717, 1.165) is 39.2 Å². The number of halogens is 4. The lowest BCUT2D eigenvalue weighted by Crippen LogP contribution is -2.46. The molecule has 3 saturated heterocycles. The van der Waals surface area contributed by atoms with Crippen LogP contribution in [0.25, 0.3) is 22.4 Å². The number of hydrogen-bond acceptors (Lipinski definition) is 12. The van der Waals surface area contributed by atoms with Crippen LogP contribution in [0.4, 0.5) is 35.9 Å². The Balaban J connectivity index is 0.925. The lowest BCUT2D eigenvalue weighted by atomic mass is 9.96. The number of carbonyl (C=O) groups is 1. The number of aromatic carboxylic acids is 1. The molecule has 4 N–H and O–H groups in total. The first-order chi connectivity index (χ1) is 38.0. The van der Waals surface area contributed by atoms with Gasteiger partial charge in [0.25, 0.3) is 9.84 Å². The molecule has 16 nitrogen and oxygen atoms in total. The third kappa shape index (κ3) is 13.3. The van der Waals surface area contributed by atoms with Crippen LogP contribution in [-0.4, -0.2) is 121 Å². The SMILES string of the molecule is Cc1c(C(=O)O)c(-c2cccc(N3CCN(c4ccc(N5CCCO[P@@]5(=O)c5ccc(N[C@H](CCN6CCC(OP(=O)(O)O)CC6)CSc6ccccc6)c(S(=O)(=O)C(F)(F)F)c5)cc4)CC3)c2)c(-c2ccc(Cl)cc2)n1C(C)C. The summed E-state index contributed by atoms with van der Waals surface area (Å²) >= 11 is 7.72. The maximum atomic E-state index is 15.2. The average Bonchev–Trinajstić information content (AvgIpc) is 3.87. The number of anilines is 4. The van der Waals surface area contributed by atoms with Crippen LogP contribution >= 0.6 is 38.7 Å². The Morgan fingerprint density at radius 2 is 1.50 bits per heavy atom. The predicted octanol–water partition coefficient (Wildman–Crippen LogP) is 12.0. The van der Waals surface area contributed by atoms with E-state index < -0.39 is 53.7 Å². The lowest BCUT2D eigenvalue weighted by Gasteiger charge is -2.39. The van der Waals surface area contributed by atoms with E-state index in [4.69, 9.17) is 20.6 Å². The molecular formula is C56H64ClF3N6O10P2S2. The molecule has 24 heteroatoms. The molecule has 0 spiro atoms. The fourth-order valence-electron chi connectivity index (χ4n) is 10.9. The summed E-state index contributed by atoms with van der Waals surface area (Å²) in [6, 6.07) is 34.8. The first-order valence-corrected chi connectivity index (χ1v) is 32.3. The fraction of sp³-hybridized carbons (Fsp3) is 0.375. The van der Waals surface area contributed by atoms with E-state index in [1.807, 2.05) is 99.6 Å². The molecule has 0 saturated carbocycles. The Kier molecular flexibility index (Phi) is 18.3. The summed E-state index contributed by atoms with van der Waals surface area (Å²) in [7, 11) is -14.9. The van der Waals surface area contributed by atoms with E-state index in [1.54, 1.807) is 24.3 Å². The minimum absolute atomic E-state index is 0.0242. The Labute approximate surface area is 473 Å². The summed E-state index contributed by atoms with van der Waals surface area (Å²) in [5.41, 5.74) is 0.238. The van der Waals surface area contributed by atoms with Crippen molar-refractivity contribution in [1.82, 2.24) is 9.47 Å². The largest absolute Gasteiger partial charge is 0.501 e. The van der Waals surface area contributed by atoms with Crippen molar-refractivity contribution in [1.29, 1.82) is 0 Å². The quantitative estimate of drug-likeness (QED) is 0.0441. The number of sulfone groups is 1. The van der Waals surface area contributed by atoms with Gasteiger partial charge in [0, 0.05) is 108 Å². The van der Waals surface area contributed by atoms with Gasteiger partial charge in [-0.05, 0) is 136 Å². The maximum absolute atomic E-state index is 15.2. The van der Waals surface area contributed by atoms with Crippen molar-refractivity contribution in [2.75, 3.05) is 84.5 Å². The van der Waals surface area contributed by atoms with Gasteiger partial charge in [0.1, 0.15) is 4.90 Å². The number of phosphoric ester groups is 1. The van der Waals surface area contributed by atoms with Crippen LogP contribution in [0, 0.1) is 6.92 Å². The van der Waals surface area contributed by atoms with Crippen LogP contribution in [0.5, 0.6) is 0 Å². The monoisotopic (exact) mass is 1200 g/mol. The molecule has 1 aromatic heterocycles. The molecule has 0 bridgehead atoms. The third-order valence-electron chi connectivity index (χ3n) is 14.7. The molecule has 4 heterocycles. The Morgan fingerprint density at radius 3 is 2.12 bits per heavy atom. The molecule has 9 rings (SSSR count). The number of alkyl halides is 3. The number of carboxylic acid groups (broad SMARTS) is 1. The van der Waals surface area contributed by atoms with E-state index in [2.05, 4.69) is 24.6 Å². The number of rotatable bonds is 19. The number of carboxylic acids is 1. The molecule has 3 fully saturated rings. The number of nitrogens with one attached hydrogen (secondary N) is 1. The van der Waals surface area contributed by atoms with E-state index >= 15 is 4.57 Å². The van der Waals surface area contributed by atoms with Gasteiger partial charge in [-0.25, -0.2) is 17.8 Å². The second kappa shape index (κ2) is 24.6. The number of thioether (sulfide) groups is 1. The molecule has 0 amide bonds. The topological polar surface area (TPSA) is 194 Å². The maximum Gasteiger partial charge on any atom is 0.501 e. The molecule has 428 valence electrons. The van der Waals surface area contributed by atoms with Crippen LogP contribution in [0.2, 0.25) is 5.02 Å². The summed E-state index contributed by atoms with van der Waals surface area (Å²) in [6.07, 6.45) is 0.907. The van der Waals surface area contributed by atoms with Crippen molar-refractivity contribution in [2.45, 2.75) is 79.9 Å². The number of benzene rings is 5. The second-order valence-electron chi connectivity index (χ2n) is 20.4. The van der Waals surface area contributed by atoms with Crippen LogP contribution in [-0.2, 0) is 28.0 Å². The number of hydrogen-bond donors (Lipinski definition) is 4. The van der Waals surface area contributed by atoms with Gasteiger partial charge in [-0.3, -0.25) is 13.8 Å². The van der Waals surface area contributed by atoms with Crippen LogP contribution in [0.3, 0.4) is 0 Å². The first-order valence-electron chi connectivity index (χ1n) is 26.3. The summed E-state index contributed by atoms with van der Waals surface area (Å²) in [6.45, 7) is 10.0. The highest BCUT2D eigenvalue weighted by Gasteiger charge is 2.49. The molecule has 2 atom stereocenters. The molecule has 3 aliphatic rings. The van der Waals surface area contributed by atoms with E-state index in [0.29, 0.717) is 99.2 Å².